The molecule has 0 aliphatic rings. The van der Waals surface area contributed by atoms with E-state index in [2.05, 4.69) is 20.9 Å². The maximum Gasteiger partial charge on any atom is 0.186 e. The lowest BCUT2D eigenvalue weighted by Gasteiger charge is -2.03. The quantitative estimate of drug-likeness (QED) is 0.865. The van der Waals surface area contributed by atoms with Crippen LogP contribution in [0, 0.1) is 5.82 Å². The number of carbonyl (C=O) groups is 1. The first-order valence-corrected chi connectivity index (χ1v) is 7.32. The molecule has 1 aromatic heterocycles. The first-order chi connectivity index (χ1) is 8.97. The number of benzene rings is 1. The molecular weight excluding hydrogens is 331 g/mol. The molecule has 0 radical (unpaired) electrons. The predicted molar refractivity (Wildman–Crippen MR) is 76.9 cm³/mol. The number of halogens is 2. The summed E-state index contributed by atoms with van der Waals surface area (Å²) in [6.45, 7) is 1.82. The molecule has 0 spiro atoms. The average molecular weight is 343 g/mol. The second-order valence-electron chi connectivity index (χ2n) is 4.20. The fraction of sp³-hybridized carbons (Fsp3) is 0.231. The third kappa shape index (κ3) is 3.46. The van der Waals surface area contributed by atoms with E-state index < -0.39 is 0 Å². The van der Waals surface area contributed by atoms with E-state index in [1.54, 1.807) is 11.4 Å². The topological polar surface area (TPSA) is 56.0 Å². The van der Waals surface area contributed by atoms with Gasteiger partial charge in [-0.1, -0.05) is 15.9 Å². The number of carbonyl (C=O) groups excluding carboxylic acids is 1. The van der Waals surface area contributed by atoms with Crippen LogP contribution in [0.4, 0.5) is 4.39 Å². The Morgan fingerprint density at radius 1 is 1.58 bits per heavy atom. The fourth-order valence-corrected chi connectivity index (χ4v) is 2.74. The molecule has 0 saturated carbocycles. The zero-order valence-corrected chi connectivity index (χ0v) is 12.6. The molecule has 0 saturated heterocycles. The Bertz CT molecular complexity index is 612. The van der Waals surface area contributed by atoms with E-state index in [1.807, 2.05) is 6.92 Å². The lowest BCUT2D eigenvalue weighted by atomic mass is 10.1. The zero-order valence-electron chi connectivity index (χ0n) is 10.2. The van der Waals surface area contributed by atoms with E-state index in [-0.39, 0.29) is 24.1 Å². The van der Waals surface area contributed by atoms with Gasteiger partial charge >= 0.3 is 0 Å². The number of aromatic nitrogens is 1. The molecular formula is C13H12BrFN2OS. The predicted octanol–water partition coefficient (Wildman–Crippen LogP) is 3.49. The van der Waals surface area contributed by atoms with Gasteiger partial charge in [-0.15, -0.1) is 11.3 Å². The molecule has 19 heavy (non-hydrogen) atoms. The van der Waals surface area contributed by atoms with Crippen LogP contribution in [-0.2, 0) is 6.42 Å². The van der Waals surface area contributed by atoms with Gasteiger partial charge in [0, 0.05) is 16.3 Å². The number of rotatable bonds is 4. The van der Waals surface area contributed by atoms with Gasteiger partial charge in [0.1, 0.15) is 16.5 Å². The third-order valence-corrected chi connectivity index (χ3v) is 4.38. The van der Waals surface area contributed by atoms with Crippen LogP contribution in [0.25, 0.3) is 0 Å². The molecule has 0 aliphatic heterocycles. The molecule has 0 amide bonds. The summed E-state index contributed by atoms with van der Waals surface area (Å²) in [4.78, 5) is 16.3. The highest BCUT2D eigenvalue weighted by atomic mass is 79.9. The van der Waals surface area contributed by atoms with Gasteiger partial charge in [0.05, 0.1) is 6.04 Å². The molecule has 1 aromatic carbocycles. The molecule has 2 rings (SSSR count). The highest BCUT2D eigenvalue weighted by Crippen LogP contribution is 2.21. The van der Waals surface area contributed by atoms with Gasteiger partial charge in [-0.3, -0.25) is 4.79 Å². The van der Waals surface area contributed by atoms with Gasteiger partial charge in [-0.05, 0) is 30.7 Å². The maximum atomic E-state index is 13.1. The summed E-state index contributed by atoms with van der Waals surface area (Å²) in [6, 6.07) is 4.09. The van der Waals surface area contributed by atoms with Gasteiger partial charge in [-0.25, -0.2) is 9.37 Å². The van der Waals surface area contributed by atoms with E-state index >= 15 is 0 Å². The molecule has 1 unspecified atom stereocenters. The Morgan fingerprint density at radius 2 is 2.32 bits per heavy atom. The van der Waals surface area contributed by atoms with E-state index in [0.717, 1.165) is 5.01 Å². The van der Waals surface area contributed by atoms with Crippen LogP contribution in [0.5, 0.6) is 0 Å². The van der Waals surface area contributed by atoms with Crippen LogP contribution in [0.2, 0.25) is 0 Å². The Hall–Kier alpha value is -1.11. The molecule has 1 heterocycles. The molecule has 1 atom stereocenters. The smallest absolute Gasteiger partial charge is 0.186 e. The van der Waals surface area contributed by atoms with E-state index in [1.165, 1.54) is 23.5 Å². The number of Topliss-reactive ketones (excluding diaryl/α,β-unsaturated/α-hetero) is 1. The van der Waals surface area contributed by atoms with Crippen LogP contribution in [0.1, 0.15) is 34.0 Å². The van der Waals surface area contributed by atoms with Crippen molar-refractivity contribution in [3.8, 4) is 0 Å². The molecule has 0 bridgehead atoms. The van der Waals surface area contributed by atoms with Crippen LogP contribution in [0.3, 0.4) is 0 Å². The monoisotopic (exact) mass is 342 g/mol. The summed E-state index contributed by atoms with van der Waals surface area (Å²) in [7, 11) is 0. The lowest BCUT2D eigenvalue weighted by Crippen LogP contribution is -2.08. The van der Waals surface area contributed by atoms with Crippen molar-refractivity contribution in [2.75, 3.05) is 0 Å². The van der Waals surface area contributed by atoms with Crippen LogP contribution in [0.15, 0.2) is 28.1 Å². The highest BCUT2D eigenvalue weighted by Gasteiger charge is 2.15. The van der Waals surface area contributed by atoms with Gasteiger partial charge in [0.15, 0.2) is 5.78 Å². The second kappa shape index (κ2) is 5.90. The minimum atomic E-state index is -0.361. The number of thiazole rings is 1. The average Bonchev–Trinajstić information content (AvgIpc) is 2.83. The molecule has 0 fully saturated rings. The summed E-state index contributed by atoms with van der Waals surface area (Å²) in [5.41, 5.74) is 6.70. The first kappa shape index (κ1) is 14.3. The molecule has 3 nitrogen and oxygen atoms in total. The van der Waals surface area contributed by atoms with Crippen molar-refractivity contribution in [1.82, 2.24) is 4.98 Å². The normalized spacial score (nSPS) is 12.4. The second-order valence-corrected chi connectivity index (χ2v) is 5.94. The Balaban J connectivity index is 2.18. The van der Waals surface area contributed by atoms with Crippen molar-refractivity contribution < 1.29 is 9.18 Å². The van der Waals surface area contributed by atoms with Crippen molar-refractivity contribution >= 4 is 33.0 Å². The standard InChI is InChI=1S/C13H12BrFN2OS/c1-7(16)13-17-11(6-19-13)12(18)5-8-4-9(15)2-3-10(8)14/h2-4,6-7H,5,16H2,1H3. The number of nitrogens with zero attached hydrogens (tertiary/aromatic N) is 1. The molecule has 2 N–H and O–H groups in total. The van der Waals surface area contributed by atoms with Crippen molar-refractivity contribution in [3.05, 3.63) is 50.1 Å². The van der Waals surface area contributed by atoms with E-state index in [0.29, 0.717) is 15.7 Å². The molecule has 0 aliphatic carbocycles. The zero-order chi connectivity index (χ0) is 14.0. The first-order valence-electron chi connectivity index (χ1n) is 5.65. The molecule has 2 aromatic rings. The van der Waals surface area contributed by atoms with Gasteiger partial charge in [0.25, 0.3) is 0 Å². The van der Waals surface area contributed by atoms with Gasteiger partial charge < -0.3 is 5.73 Å². The van der Waals surface area contributed by atoms with Crippen molar-refractivity contribution in [1.29, 1.82) is 0 Å². The van der Waals surface area contributed by atoms with Crippen LogP contribution in [-0.4, -0.2) is 10.8 Å². The Labute approximate surface area is 122 Å². The summed E-state index contributed by atoms with van der Waals surface area (Å²) < 4.78 is 13.9. The van der Waals surface area contributed by atoms with Gasteiger partial charge in [-0.2, -0.15) is 0 Å². The lowest BCUT2D eigenvalue weighted by molar-refractivity contribution is 0.0988. The largest absolute Gasteiger partial charge is 0.322 e. The fourth-order valence-electron chi connectivity index (χ4n) is 1.57. The maximum absolute atomic E-state index is 13.1. The van der Waals surface area contributed by atoms with Crippen LogP contribution < -0.4 is 5.73 Å². The van der Waals surface area contributed by atoms with Crippen molar-refractivity contribution in [2.24, 2.45) is 5.73 Å². The molecule has 100 valence electrons. The SMILES string of the molecule is CC(N)c1nc(C(=O)Cc2cc(F)ccc2Br)cs1. The van der Waals surface area contributed by atoms with Gasteiger partial charge in [0.2, 0.25) is 0 Å². The van der Waals surface area contributed by atoms with Crippen molar-refractivity contribution in [2.45, 2.75) is 19.4 Å². The third-order valence-electron chi connectivity index (χ3n) is 2.56. The Kier molecular flexibility index (Phi) is 4.44. The van der Waals surface area contributed by atoms with Crippen LogP contribution >= 0.6 is 27.3 Å². The summed E-state index contributed by atoms with van der Waals surface area (Å²) in [5, 5.41) is 2.41. The number of ketones is 1. The van der Waals surface area contributed by atoms with E-state index in [4.69, 9.17) is 5.73 Å². The minimum absolute atomic E-state index is 0.112. The number of hydrogen-bond donors (Lipinski definition) is 1. The highest BCUT2D eigenvalue weighted by molar-refractivity contribution is 9.10. The molecule has 6 heteroatoms. The summed E-state index contributed by atoms with van der Waals surface area (Å²) in [5.74, 6) is -0.505. The van der Waals surface area contributed by atoms with E-state index in [9.17, 15) is 9.18 Å². The summed E-state index contributed by atoms with van der Waals surface area (Å²) >= 11 is 4.66. The van der Waals surface area contributed by atoms with Crippen molar-refractivity contribution in [3.63, 3.8) is 0 Å². The minimum Gasteiger partial charge on any atom is -0.322 e. The number of hydrogen-bond acceptors (Lipinski definition) is 4. The summed E-state index contributed by atoms with van der Waals surface area (Å²) in [6.07, 6.45) is 0.112. The Morgan fingerprint density at radius 3 is 2.95 bits per heavy atom. The number of nitrogens with two attached hydrogens (primary N) is 1.